The maximum Gasteiger partial charge on any atom is 0.306 e. The van der Waals surface area contributed by atoms with Crippen molar-refractivity contribution in [2.75, 3.05) is 13.2 Å². The second-order valence-electron chi connectivity index (χ2n) is 19.3. The Morgan fingerprint density at radius 2 is 0.541 bits per heavy atom. The van der Waals surface area contributed by atoms with Crippen LogP contribution < -0.4 is 0 Å². The van der Waals surface area contributed by atoms with Crippen LogP contribution in [-0.4, -0.2) is 37.2 Å². The maximum atomic E-state index is 12.8. The Kier molecular flexibility index (Phi) is 48.1. The highest BCUT2D eigenvalue weighted by Gasteiger charge is 2.19. The van der Waals surface area contributed by atoms with Crippen molar-refractivity contribution in [2.24, 2.45) is 5.92 Å². The third-order valence-corrected chi connectivity index (χ3v) is 12.5. The Morgan fingerprint density at radius 3 is 0.803 bits per heavy atom. The smallest absolute Gasteiger partial charge is 0.306 e. The molecule has 0 saturated heterocycles. The fraction of sp³-hybridized carbons (Fsp3) is 0.945. The van der Waals surface area contributed by atoms with Gasteiger partial charge in [-0.25, -0.2) is 0 Å². The van der Waals surface area contributed by atoms with E-state index in [-0.39, 0.29) is 31.1 Å². The standard InChI is InChI=1S/C55H106O6/c1-5-7-9-11-13-15-17-18-19-20-23-27-31-35-39-43-47-54(57)60-50-52(49-59-53(56)46-42-38-34-30-25-16-14-12-10-8-6-2)61-55(58)48-44-40-36-32-28-24-21-22-26-29-33-37-41-45-51(3)4/h51-52H,5-50H2,1-4H3/t52-/m1/s1. The SMILES string of the molecule is CCCCCCCCCCCCCCCCCCC(=O)OC[C@@H](COC(=O)CCCCCCCCCCCCC)OC(=O)CCCCCCCCCCCCCCCC(C)C. The fourth-order valence-corrected chi connectivity index (χ4v) is 8.39. The molecule has 0 unspecified atom stereocenters. The maximum absolute atomic E-state index is 12.8. The molecule has 0 aliphatic heterocycles. The monoisotopic (exact) mass is 863 g/mol. The minimum Gasteiger partial charge on any atom is -0.462 e. The molecule has 0 aromatic rings. The second kappa shape index (κ2) is 49.4. The Balaban J connectivity index is 4.28. The van der Waals surface area contributed by atoms with Crippen molar-refractivity contribution >= 4 is 17.9 Å². The van der Waals surface area contributed by atoms with Gasteiger partial charge in [0.05, 0.1) is 0 Å². The molecule has 0 rings (SSSR count). The third-order valence-electron chi connectivity index (χ3n) is 12.5. The van der Waals surface area contributed by atoms with Gasteiger partial charge in [0.25, 0.3) is 0 Å². The van der Waals surface area contributed by atoms with Crippen molar-refractivity contribution < 1.29 is 28.6 Å². The summed E-state index contributed by atoms with van der Waals surface area (Å²) in [6, 6.07) is 0. The van der Waals surface area contributed by atoms with Gasteiger partial charge in [0.15, 0.2) is 6.10 Å². The van der Waals surface area contributed by atoms with Crippen LogP contribution in [0.15, 0.2) is 0 Å². The van der Waals surface area contributed by atoms with E-state index in [1.54, 1.807) is 0 Å². The summed E-state index contributed by atoms with van der Waals surface area (Å²) in [5.74, 6) is -0.00195. The first-order chi connectivity index (χ1) is 29.9. The lowest BCUT2D eigenvalue weighted by atomic mass is 10.0. The number of hydrogen-bond donors (Lipinski definition) is 0. The highest BCUT2D eigenvalue weighted by Crippen LogP contribution is 2.17. The van der Waals surface area contributed by atoms with Gasteiger partial charge in [-0.3, -0.25) is 14.4 Å². The molecule has 0 spiro atoms. The van der Waals surface area contributed by atoms with Crippen molar-refractivity contribution in [2.45, 2.75) is 316 Å². The summed E-state index contributed by atoms with van der Waals surface area (Å²) in [6.07, 6.45) is 52.3. The van der Waals surface area contributed by atoms with E-state index in [9.17, 15) is 14.4 Å². The molecule has 362 valence electrons. The summed E-state index contributed by atoms with van der Waals surface area (Å²) < 4.78 is 16.8. The molecule has 0 radical (unpaired) electrons. The van der Waals surface area contributed by atoms with E-state index in [1.807, 2.05) is 0 Å². The predicted octanol–water partition coefficient (Wildman–Crippen LogP) is 17.8. The van der Waals surface area contributed by atoms with Crippen LogP contribution in [0, 0.1) is 5.92 Å². The lowest BCUT2D eigenvalue weighted by Crippen LogP contribution is -2.30. The lowest BCUT2D eigenvalue weighted by molar-refractivity contribution is -0.167. The molecule has 0 fully saturated rings. The van der Waals surface area contributed by atoms with E-state index in [2.05, 4.69) is 27.7 Å². The van der Waals surface area contributed by atoms with Crippen LogP contribution in [0.25, 0.3) is 0 Å². The van der Waals surface area contributed by atoms with Crippen LogP contribution in [0.5, 0.6) is 0 Å². The number of unbranched alkanes of at least 4 members (excludes halogenated alkanes) is 37. The second-order valence-corrected chi connectivity index (χ2v) is 19.3. The molecule has 0 saturated carbocycles. The van der Waals surface area contributed by atoms with Crippen molar-refractivity contribution in [3.05, 3.63) is 0 Å². The van der Waals surface area contributed by atoms with Crippen molar-refractivity contribution in [3.8, 4) is 0 Å². The van der Waals surface area contributed by atoms with Crippen molar-refractivity contribution in [1.29, 1.82) is 0 Å². The van der Waals surface area contributed by atoms with Gasteiger partial charge in [-0.05, 0) is 25.2 Å². The molecule has 0 aromatic carbocycles. The Morgan fingerprint density at radius 1 is 0.311 bits per heavy atom. The summed E-state index contributed by atoms with van der Waals surface area (Å²) in [4.78, 5) is 38.0. The van der Waals surface area contributed by atoms with Gasteiger partial charge in [0.2, 0.25) is 0 Å². The number of esters is 3. The van der Waals surface area contributed by atoms with Crippen LogP contribution in [0.4, 0.5) is 0 Å². The minimum atomic E-state index is -0.761. The molecule has 6 heteroatoms. The van der Waals surface area contributed by atoms with Crippen LogP contribution in [0.2, 0.25) is 0 Å². The highest BCUT2D eigenvalue weighted by atomic mass is 16.6. The van der Waals surface area contributed by atoms with Crippen molar-refractivity contribution in [1.82, 2.24) is 0 Å². The normalized spacial score (nSPS) is 12.0. The highest BCUT2D eigenvalue weighted by molar-refractivity contribution is 5.71. The van der Waals surface area contributed by atoms with Gasteiger partial charge < -0.3 is 14.2 Å². The van der Waals surface area contributed by atoms with E-state index in [0.29, 0.717) is 19.3 Å². The van der Waals surface area contributed by atoms with Gasteiger partial charge in [0, 0.05) is 19.3 Å². The first kappa shape index (κ1) is 59.4. The summed E-state index contributed by atoms with van der Waals surface area (Å²) in [5, 5.41) is 0. The number of ether oxygens (including phenoxy) is 3. The zero-order valence-electron chi connectivity index (χ0n) is 41.6. The third kappa shape index (κ3) is 49.3. The quantitative estimate of drug-likeness (QED) is 0.0344. The summed E-state index contributed by atoms with van der Waals surface area (Å²) in [5.41, 5.74) is 0. The molecule has 6 nitrogen and oxygen atoms in total. The summed E-state index contributed by atoms with van der Waals surface area (Å²) in [6.45, 7) is 9.04. The summed E-state index contributed by atoms with van der Waals surface area (Å²) in [7, 11) is 0. The molecule has 0 aliphatic rings. The van der Waals surface area contributed by atoms with E-state index >= 15 is 0 Å². The lowest BCUT2D eigenvalue weighted by Gasteiger charge is -2.18. The average Bonchev–Trinajstić information content (AvgIpc) is 3.24. The number of carbonyl (C=O) groups is 3. The average molecular weight is 863 g/mol. The van der Waals surface area contributed by atoms with E-state index in [4.69, 9.17) is 14.2 Å². The first-order valence-corrected chi connectivity index (χ1v) is 27.4. The summed E-state index contributed by atoms with van der Waals surface area (Å²) >= 11 is 0. The van der Waals surface area contributed by atoms with Gasteiger partial charge >= 0.3 is 17.9 Å². The molecule has 0 bridgehead atoms. The number of carbonyl (C=O) groups excluding carboxylic acids is 3. The van der Waals surface area contributed by atoms with E-state index in [1.165, 1.54) is 205 Å². The molecule has 0 amide bonds. The van der Waals surface area contributed by atoms with E-state index < -0.39 is 6.10 Å². The van der Waals surface area contributed by atoms with E-state index in [0.717, 1.165) is 63.7 Å². The molecule has 0 heterocycles. The molecule has 1 atom stereocenters. The molecule has 0 aliphatic carbocycles. The molecule has 61 heavy (non-hydrogen) atoms. The molecule has 0 aromatic heterocycles. The fourth-order valence-electron chi connectivity index (χ4n) is 8.39. The number of hydrogen-bond acceptors (Lipinski definition) is 6. The van der Waals surface area contributed by atoms with Crippen molar-refractivity contribution in [3.63, 3.8) is 0 Å². The van der Waals surface area contributed by atoms with Crippen LogP contribution in [0.1, 0.15) is 310 Å². The Hall–Kier alpha value is -1.59. The molecular weight excluding hydrogens is 757 g/mol. The van der Waals surface area contributed by atoms with Gasteiger partial charge in [-0.15, -0.1) is 0 Å². The largest absolute Gasteiger partial charge is 0.462 e. The Labute approximate surface area is 380 Å². The number of rotatable bonds is 50. The van der Waals surface area contributed by atoms with Gasteiger partial charge in [-0.1, -0.05) is 272 Å². The van der Waals surface area contributed by atoms with Crippen LogP contribution in [-0.2, 0) is 28.6 Å². The Bertz CT molecular complexity index is 918. The topological polar surface area (TPSA) is 78.9 Å². The molecular formula is C55H106O6. The predicted molar refractivity (Wildman–Crippen MR) is 261 cm³/mol. The van der Waals surface area contributed by atoms with Gasteiger partial charge in [-0.2, -0.15) is 0 Å². The van der Waals surface area contributed by atoms with Gasteiger partial charge in [0.1, 0.15) is 13.2 Å². The molecule has 0 N–H and O–H groups in total. The van der Waals surface area contributed by atoms with Crippen LogP contribution in [0.3, 0.4) is 0 Å². The first-order valence-electron chi connectivity index (χ1n) is 27.4. The zero-order valence-corrected chi connectivity index (χ0v) is 41.6. The zero-order chi connectivity index (χ0) is 44.5. The minimum absolute atomic E-state index is 0.0622. The van der Waals surface area contributed by atoms with Crippen LogP contribution >= 0.6 is 0 Å².